The van der Waals surface area contributed by atoms with Crippen molar-refractivity contribution in [2.45, 2.75) is 61.2 Å². The van der Waals surface area contributed by atoms with E-state index in [9.17, 15) is 9.90 Å². The first-order valence-electron chi connectivity index (χ1n) is 7.20. The Hall–Kier alpha value is -1.16. The molecule has 1 aromatic rings. The predicted octanol–water partition coefficient (Wildman–Crippen LogP) is 4.19. The fourth-order valence-electron chi connectivity index (χ4n) is 3.36. The van der Waals surface area contributed by atoms with E-state index in [0.29, 0.717) is 12.8 Å². The number of para-hydroxylation sites is 1. The van der Waals surface area contributed by atoms with Gasteiger partial charge in [0.1, 0.15) is 5.75 Å². The highest BCUT2D eigenvalue weighted by molar-refractivity contribution is 8.00. The summed E-state index contributed by atoms with van der Waals surface area (Å²) in [6.45, 7) is 4.05. The van der Waals surface area contributed by atoms with E-state index in [1.165, 1.54) is 0 Å². The fraction of sp³-hybridized carbons (Fsp3) is 0.562. The van der Waals surface area contributed by atoms with Crippen LogP contribution < -0.4 is 4.74 Å². The van der Waals surface area contributed by atoms with Gasteiger partial charge in [-0.15, -0.1) is 0 Å². The second-order valence-electron chi connectivity index (χ2n) is 6.18. The minimum atomic E-state index is -0.759. The number of benzene rings is 1. The highest BCUT2D eigenvalue weighted by Crippen LogP contribution is 2.53. The number of carboxylic acids is 1. The van der Waals surface area contributed by atoms with Crippen molar-refractivity contribution in [3.63, 3.8) is 0 Å². The maximum atomic E-state index is 12.0. The summed E-state index contributed by atoms with van der Waals surface area (Å²) >= 11 is 1.67. The Morgan fingerprint density at radius 1 is 1.25 bits per heavy atom. The number of carbonyl (C=O) groups is 1. The molecule has 0 radical (unpaired) electrons. The Bertz CT molecular complexity index is 545. The van der Waals surface area contributed by atoms with Gasteiger partial charge in [0.15, 0.2) is 4.93 Å². The van der Waals surface area contributed by atoms with Gasteiger partial charge in [-0.1, -0.05) is 43.2 Å². The first-order valence-corrected chi connectivity index (χ1v) is 8.01. The van der Waals surface area contributed by atoms with Crippen molar-refractivity contribution in [2.75, 3.05) is 0 Å². The summed E-state index contributed by atoms with van der Waals surface area (Å²) in [5, 5.41) is 9.84. The Balaban J connectivity index is 2.10. The van der Waals surface area contributed by atoms with E-state index in [4.69, 9.17) is 4.74 Å². The van der Waals surface area contributed by atoms with Gasteiger partial charge in [0.05, 0.1) is 10.3 Å². The highest BCUT2D eigenvalue weighted by Gasteiger charge is 2.46. The molecule has 1 aliphatic heterocycles. The lowest BCUT2D eigenvalue weighted by Gasteiger charge is -2.34. The van der Waals surface area contributed by atoms with E-state index in [-0.39, 0.29) is 4.93 Å². The van der Waals surface area contributed by atoms with Crippen LogP contribution in [0.15, 0.2) is 23.1 Å². The quantitative estimate of drug-likeness (QED) is 0.887. The van der Waals surface area contributed by atoms with E-state index in [0.717, 1.165) is 35.5 Å². The standard InChI is InChI=1S/C16H20O3S/c1-15(2)19-13-11(7-6-8-12(13)20-15)16(14(17)18)9-4-3-5-10-16/h6-8H,3-5,9-10H2,1-2H3,(H,17,18). The number of hydrogen-bond donors (Lipinski definition) is 1. The SMILES string of the molecule is CC1(C)Oc2c(cccc2C2(C(=O)O)CCCCC2)S1. The van der Waals surface area contributed by atoms with Gasteiger partial charge in [0.25, 0.3) is 0 Å². The molecule has 0 amide bonds. The average Bonchev–Trinajstić information content (AvgIpc) is 2.72. The van der Waals surface area contributed by atoms with Crippen LogP contribution in [0.25, 0.3) is 0 Å². The van der Waals surface area contributed by atoms with Gasteiger partial charge in [-0.05, 0) is 32.8 Å². The summed E-state index contributed by atoms with van der Waals surface area (Å²) in [5.74, 6) is 0.0932. The van der Waals surface area contributed by atoms with E-state index < -0.39 is 11.4 Å². The molecule has 1 N–H and O–H groups in total. The Morgan fingerprint density at radius 2 is 1.95 bits per heavy atom. The maximum Gasteiger partial charge on any atom is 0.314 e. The lowest BCUT2D eigenvalue weighted by Crippen LogP contribution is -2.38. The van der Waals surface area contributed by atoms with Crippen molar-refractivity contribution in [3.8, 4) is 5.75 Å². The first-order chi connectivity index (χ1) is 9.45. The number of fused-ring (bicyclic) bond motifs is 1. The van der Waals surface area contributed by atoms with E-state index in [1.807, 2.05) is 32.0 Å². The van der Waals surface area contributed by atoms with E-state index in [1.54, 1.807) is 11.8 Å². The molecule has 2 aliphatic rings. The van der Waals surface area contributed by atoms with Crippen LogP contribution in [0.5, 0.6) is 5.75 Å². The molecule has 1 saturated carbocycles. The van der Waals surface area contributed by atoms with Crippen LogP contribution in [-0.2, 0) is 10.2 Å². The van der Waals surface area contributed by atoms with Gasteiger partial charge in [-0.25, -0.2) is 0 Å². The van der Waals surface area contributed by atoms with Crippen molar-refractivity contribution in [1.82, 2.24) is 0 Å². The number of ether oxygens (including phenoxy) is 1. The molecule has 3 nitrogen and oxygen atoms in total. The molecule has 20 heavy (non-hydrogen) atoms. The van der Waals surface area contributed by atoms with Crippen LogP contribution in [-0.4, -0.2) is 16.0 Å². The highest BCUT2D eigenvalue weighted by atomic mass is 32.2. The summed E-state index contributed by atoms with van der Waals surface area (Å²) in [5.41, 5.74) is 0.116. The summed E-state index contributed by atoms with van der Waals surface area (Å²) in [6, 6.07) is 5.93. The third-order valence-corrected chi connectivity index (χ3v) is 5.43. The second-order valence-corrected chi connectivity index (χ2v) is 7.81. The maximum absolute atomic E-state index is 12.0. The molecule has 1 heterocycles. The number of aliphatic carboxylic acids is 1. The Morgan fingerprint density at radius 3 is 2.60 bits per heavy atom. The molecule has 0 unspecified atom stereocenters. The molecule has 0 spiro atoms. The molecular formula is C16H20O3S. The smallest absolute Gasteiger partial charge is 0.314 e. The van der Waals surface area contributed by atoms with Crippen molar-refractivity contribution < 1.29 is 14.6 Å². The minimum Gasteiger partial charge on any atom is -0.481 e. The molecule has 1 fully saturated rings. The second kappa shape index (κ2) is 4.69. The van der Waals surface area contributed by atoms with Gasteiger partial charge >= 0.3 is 5.97 Å². The van der Waals surface area contributed by atoms with Crippen LogP contribution in [0.3, 0.4) is 0 Å². The molecule has 0 atom stereocenters. The van der Waals surface area contributed by atoms with Gasteiger partial charge < -0.3 is 9.84 Å². The molecule has 3 rings (SSSR count). The molecule has 1 aromatic carbocycles. The number of thioether (sulfide) groups is 1. The number of hydrogen-bond acceptors (Lipinski definition) is 3. The van der Waals surface area contributed by atoms with Crippen LogP contribution >= 0.6 is 11.8 Å². The molecule has 4 heteroatoms. The zero-order valence-corrected chi connectivity index (χ0v) is 12.8. The Labute approximate surface area is 123 Å². The van der Waals surface area contributed by atoms with Crippen molar-refractivity contribution in [2.24, 2.45) is 0 Å². The zero-order valence-electron chi connectivity index (χ0n) is 11.9. The van der Waals surface area contributed by atoms with Crippen molar-refractivity contribution >= 4 is 17.7 Å². The van der Waals surface area contributed by atoms with Crippen LogP contribution in [0, 0.1) is 0 Å². The largest absolute Gasteiger partial charge is 0.481 e. The Kier molecular flexibility index (Phi) is 3.24. The molecule has 108 valence electrons. The molecule has 0 saturated heterocycles. The van der Waals surface area contributed by atoms with Crippen molar-refractivity contribution in [3.05, 3.63) is 23.8 Å². The van der Waals surface area contributed by atoms with Crippen LogP contribution in [0.4, 0.5) is 0 Å². The third-order valence-electron chi connectivity index (χ3n) is 4.31. The monoisotopic (exact) mass is 292 g/mol. The normalized spacial score (nSPS) is 22.9. The summed E-state index contributed by atoms with van der Waals surface area (Å²) in [4.78, 5) is 12.7. The lowest BCUT2D eigenvalue weighted by molar-refractivity contribution is -0.145. The topological polar surface area (TPSA) is 46.5 Å². The lowest BCUT2D eigenvalue weighted by atomic mass is 9.69. The van der Waals surface area contributed by atoms with Gasteiger partial charge in [0.2, 0.25) is 0 Å². The van der Waals surface area contributed by atoms with Crippen molar-refractivity contribution in [1.29, 1.82) is 0 Å². The van der Waals surface area contributed by atoms with Gasteiger partial charge in [-0.3, -0.25) is 4.79 Å². The zero-order chi connectivity index (χ0) is 14.4. The number of carboxylic acid groups (broad SMARTS) is 1. The molecule has 0 bridgehead atoms. The molecule has 0 aromatic heterocycles. The van der Waals surface area contributed by atoms with Gasteiger partial charge in [0, 0.05) is 5.56 Å². The molecule has 1 aliphatic carbocycles. The van der Waals surface area contributed by atoms with E-state index >= 15 is 0 Å². The average molecular weight is 292 g/mol. The van der Waals surface area contributed by atoms with E-state index in [2.05, 4.69) is 0 Å². The fourth-order valence-corrected chi connectivity index (χ4v) is 4.41. The van der Waals surface area contributed by atoms with Gasteiger partial charge in [-0.2, -0.15) is 0 Å². The summed E-state index contributed by atoms with van der Waals surface area (Å²) in [6.07, 6.45) is 4.52. The molecular weight excluding hydrogens is 272 g/mol. The first kappa shape index (κ1) is 13.8. The third kappa shape index (κ3) is 2.10. The number of rotatable bonds is 2. The predicted molar refractivity (Wildman–Crippen MR) is 79.4 cm³/mol. The van der Waals surface area contributed by atoms with Crippen LogP contribution in [0.2, 0.25) is 0 Å². The summed E-state index contributed by atoms with van der Waals surface area (Å²) in [7, 11) is 0. The summed E-state index contributed by atoms with van der Waals surface area (Å²) < 4.78 is 6.05. The van der Waals surface area contributed by atoms with Crippen LogP contribution in [0.1, 0.15) is 51.5 Å². The minimum absolute atomic E-state index is 0.313.